The first-order valence-corrected chi connectivity index (χ1v) is 10.4. The second-order valence-electron chi connectivity index (χ2n) is 6.53. The fourth-order valence-electron chi connectivity index (χ4n) is 3.09. The lowest BCUT2D eigenvalue weighted by molar-refractivity contribution is -0.135. The van der Waals surface area contributed by atoms with Crippen molar-refractivity contribution in [2.24, 2.45) is 0 Å². The molecule has 0 saturated heterocycles. The Balaban J connectivity index is 1.73. The lowest BCUT2D eigenvalue weighted by atomic mass is 10.2. The molecular formula is C20H14Cl2N4O4S. The van der Waals surface area contributed by atoms with Crippen molar-refractivity contribution in [1.82, 2.24) is 14.5 Å². The molecule has 0 aliphatic heterocycles. The van der Waals surface area contributed by atoms with Gasteiger partial charge in [-0.15, -0.1) is 0 Å². The number of hydrogen-bond donors (Lipinski definition) is 3. The van der Waals surface area contributed by atoms with Crippen molar-refractivity contribution in [3.8, 4) is 5.82 Å². The van der Waals surface area contributed by atoms with E-state index in [9.17, 15) is 19.5 Å². The van der Waals surface area contributed by atoms with E-state index in [1.807, 2.05) is 6.07 Å². The van der Waals surface area contributed by atoms with Gasteiger partial charge in [-0.2, -0.15) is 0 Å². The van der Waals surface area contributed by atoms with E-state index in [0.29, 0.717) is 26.4 Å². The SMILES string of the molecule is O=C(O)CN(Sc1cc(Cl)cc(Cl)c1)c1ccc2c(ccn2-c2cc(=O)[nH]c(=O)[nH]2)c1. The fraction of sp³-hybridized carbons (Fsp3) is 0.0500. The molecule has 2 aromatic heterocycles. The van der Waals surface area contributed by atoms with E-state index >= 15 is 0 Å². The van der Waals surface area contributed by atoms with E-state index in [0.717, 1.165) is 10.9 Å². The first kappa shape index (κ1) is 21.1. The molecule has 0 amide bonds. The summed E-state index contributed by atoms with van der Waals surface area (Å²) < 4.78 is 3.28. The van der Waals surface area contributed by atoms with E-state index in [1.165, 1.54) is 18.0 Å². The van der Waals surface area contributed by atoms with Crippen LogP contribution in [-0.4, -0.2) is 32.2 Å². The third kappa shape index (κ3) is 4.79. The number of benzene rings is 2. The van der Waals surface area contributed by atoms with Gasteiger partial charge in [0.25, 0.3) is 5.56 Å². The number of aliphatic carboxylic acids is 1. The number of fused-ring (bicyclic) bond motifs is 1. The molecule has 158 valence electrons. The molecule has 0 unspecified atom stereocenters. The zero-order valence-electron chi connectivity index (χ0n) is 15.6. The Bertz CT molecular complexity index is 1360. The van der Waals surface area contributed by atoms with Crippen molar-refractivity contribution < 1.29 is 9.90 Å². The molecule has 0 radical (unpaired) electrons. The van der Waals surface area contributed by atoms with Crippen LogP contribution in [-0.2, 0) is 4.79 Å². The van der Waals surface area contributed by atoms with Crippen LogP contribution in [0.25, 0.3) is 16.7 Å². The van der Waals surface area contributed by atoms with Crippen molar-refractivity contribution in [3.63, 3.8) is 0 Å². The Hall–Kier alpha value is -3.14. The highest BCUT2D eigenvalue weighted by atomic mass is 35.5. The minimum absolute atomic E-state index is 0.262. The zero-order valence-corrected chi connectivity index (χ0v) is 18.0. The normalized spacial score (nSPS) is 11.0. The maximum atomic E-state index is 11.6. The lowest BCUT2D eigenvalue weighted by Crippen LogP contribution is -2.23. The highest BCUT2D eigenvalue weighted by Crippen LogP contribution is 2.34. The Morgan fingerprint density at radius 2 is 1.77 bits per heavy atom. The maximum Gasteiger partial charge on any atom is 0.327 e. The van der Waals surface area contributed by atoms with E-state index in [4.69, 9.17) is 23.2 Å². The van der Waals surface area contributed by atoms with Gasteiger partial charge < -0.3 is 14.0 Å². The van der Waals surface area contributed by atoms with Crippen molar-refractivity contribution in [3.05, 3.63) is 85.6 Å². The van der Waals surface area contributed by atoms with Crippen LogP contribution in [0, 0.1) is 0 Å². The summed E-state index contributed by atoms with van der Waals surface area (Å²) >= 11 is 13.3. The van der Waals surface area contributed by atoms with Crippen LogP contribution >= 0.6 is 35.1 Å². The fourth-order valence-corrected chi connectivity index (χ4v) is 4.75. The van der Waals surface area contributed by atoms with E-state index in [1.54, 1.807) is 51.5 Å². The van der Waals surface area contributed by atoms with Gasteiger partial charge in [0.05, 0.1) is 5.52 Å². The largest absolute Gasteiger partial charge is 0.480 e. The number of aromatic nitrogens is 3. The van der Waals surface area contributed by atoms with Gasteiger partial charge >= 0.3 is 11.7 Å². The Labute approximate surface area is 189 Å². The van der Waals surface area contributed by atoms with Crippen molar-refractivity contribution in [2.75, 3.05) is 10.8 Å². The summed E-state index contributed by atoms with van der Waals surface area (Å²) in [5.41, 5.74) is 0.260. The average Bonchev–Trinajstić information content (AvgIpc) is 3.09. The molecule has 0 atom stereocenters. The summed E-state index contributed by atoms with van der Waals surface area (Å²) in [6.07, 6.45) is 1.71. The molecule has 4 aromatic rings. The number of anilines is 1. The maximum absolute atomic E-state index is 11.6. The van der Waals surface area contributed by atoms with Gasteiger partial charge in [0.1, 0.15) is 12.4 Å². The van der Waals surface area contributed by atoms with Crippen LogP contribution in [0.2, 0.25) is 10.0 Å². The third-order valence-corrected chi connectivity index (χ3v) is 5.74. The van der Waals surface area contributed by atoms with Gasteiger partial charge in [0, 0.05) is 38.3 Å². The second kappa shape index (κ2) is 8.54. The number of rotatable bonds is 6. The lowest BCUT2D eigenvalue weighted by Gasteiger charge is -2.22. The van der Waals surface area contributed by atoms with Crippen LogP contribution in [0.1, 0.15) is 0 Å². The molecule has 31 heavy (non-hydrogen) atoms. The van der Waals surface area contributed by atoms with Crippen LogP contribution in [0.4, 0.5) is 5.69 Å². The average molecular weight is 477 g/mol. The molecular weight excluding hydrogens is 463 g/mol. The minimum Gasteiger partial charge on any atom is -0.480 e. The minimum atomic E-state index is -1.00. The highest BCUT2D eigenvalue weighted by molar-refractivity contribution is 8.00. The van der Waals surface area contributed by atoms with Crippen LogP contribution < -0.4 is 15.6 Å². The van der Waals surface area contributed by atoms with Gasteiger partial charge in [-0.1, -0.05) is 23.2 Å². The molecule has 8 nitrogen and oxygen atoms in total. The summed E-state index contributed by atoms with van der Waals surface area (Å²) in [4.78, 5) is 40.1. The second-order valence-corrected chi connectivity index (χ2v) is 8.50. The summed E-state index contributed by atoms with van der Waals surface area (Å²) in [6.45, 7) is -0.262. The number of halogens is 2. The van der Waals surface area contributed by atoms with E-state index in [2.05, 4.69) is 9.97 Å². The first-order valence-electron chi connectivity index (χ1n) is 8.87. The van der Waals surface area contributed by atoms with E-state index in [-0.39, 0.29) is 6.54 Å². The molecule has 2 aromatic carbocycles. The number of carbonyl (C=O) groups is 1. The Morgan fingerprint density at radius 1 is 1.03 bits per heavy atom. The first-order chi connectivity index (χ1) is 14.8. The third-order valence-electron chi connectivity index (χ3n) is 4.30. The molecule has 0 saturated carbocycles. The van der Waals surface area contributed by atoms with Crippen molar-refractivity contribution in [1.29, 1.82) is 0 Å². The quantitative estimate of drug-likeness (QED) is 0.363. The van der Waals surface area contributed by atoms with Crippen molar-refractivity contribution >= 4 is 57.7 Å². The van der Waals surface area contributed by atoms with E-state index < -0.39 is 17.2 Å². The van der Waals surface area contributed by atoms with Gasteiger partial charge in [-0.25, -0.2) is 4.79 Å². The van der Waals surface area contributed by atoms with Gasteiger partial charge in [0.15, 0.2) is 0 Å². The number of hydrogen-bond acceptors (Lipinski definition) is 5. The zero-order chi connectivity index (χ0) is 22.1. The number of carboxylic acids is 1. The van der Waals surface area contributed by atoms with Crippen LogP contribution in [0.3, 0.4) is 0 Å². The Morgan fingerprint density at radius 3 is 2.45 bits per heavy atom. The number of H-pyrrole nitrogens is 2. The number of aromatic amines is 2. The summed E-state index contributed by atoms with van der Waals surface area (Å²) in [5.74, 6) is -0.679. The highest BCUT2D eigenvalue weighted by Gasteiger charge is 2.15. The van der Waals surface area contributed by atoms with Crippen LogP contribution in [0.15, 0.2) is 69.2 Å². The number of nitrogens with zero attached hydrogens (tertiary/aromatic N) is 2. The number of nitrogens with one attached hydrogen (secondary N) is 2. The summed E-state index contributed by atoms with van der Waals surface area (Å²) in [7, 11) is 0. The molecule has 4 rings (SSSR count). The molecule has 0 bridgehead atoms. The molecule has 11 heteroatoms. The summed E-state index contributed by atoms with van der Waals surface area (Å²) in [6, 6.07) is 13.4. The predicted octanol–water partition coefficient (Wildman–Crippen LogP) is 3.91. The molecule has 0 fully saturated rings. The monoisotopic (exact) mass is 476 g/mol. The number of carboxylic acid groups (broad SMARTS) is 1. The van der Waals surface area contributed by atoms with Gasteiger partial charge in [0.2, 0.25) is 0 Å². The molecule has 2 heterocycles. The smallest absolute Gasteiger partial charge is 0.327 e. The predicted molar refractivity (Wildman–Crippen MR) is 122 cm³/mol. The summed E-state index contributed by atoms with van der Waals surface area (Å²) in [5, 5.41) is 11.1. The van der Waals surface area contributed by atoms with Gasteiger partial charge in [-0.05, 0) is 54.4 Å². The van der Waals surface area contributed by atoms with Crippen LogP contribution in [0.5, 0.6) is 0 Å². The molecule has 0 aliphatic rings. The Kier molecular flexibility index (Phi) is 5.81. The van der Waals surface area contributed by atoms with Crippen molar-refractivity contribution in [2.45, 2.75) is 4.90 Å². The van der Waals surface area contributed by atoms with Gasteiger partial charge in [-0.3, -0.25) is 19.6 Å². The molecule has 3 N–H and O–H groups in total. The standard InChI is InChI=1S/C20H14Cl2N4O4S/c21-12-6-13(22)8-15(7-12)31-26(10-19(28)29)14-1-2-16-11(5-14)3-4-25(16)17-9-18(27)24-20(30)23-17/h1-9H,10H2,(H,28,29)(H2,23,24,27,30). The topological polar surface area (TPSA) is 111 Å². The molecule has 0 spiro atoms. The molecule has 0 aliphatic carbocycles.